The van der Waals surface area contributed by atoms with Gasteiger partial charge in [-0.15, -0.1) is 11.3 Å². The number of rotatable bonds is 5. The highest BCUT2D eigenvalue weighted by Crippen LogP contribution is 2.36. The Kier molecular flexibility index (Phi) is 4.43. The number of hydrogen-bond acceptors (Lipinski definition) is 5. The molecule has 1 saturated heterocycles. The second-order valence-electron chi connectivity index (χ2n) is 5.90. The molecule has 2 heterocycles. The molecule has 9 heteroatoms. The SMILES string of the molecule is NC(=O)c1cc(S(=O)(=O)N2CCCCC2)sc1NC(=O)C1CC1. The standard InChI is InChI=1S/C14H19N3O4S2/c15-12(18)10-8-11(22-14(10)16-13(19)9-4-5-9)23(20,21)17-6-2-1-3-7-17/h8-9H,1-7H2,(H2,15,18)(H,16,19). The van der Waals surface area contributed by atoms with Gasteiger partial charge in [0.05, 0.1) is 5.56 Å². The smallest absolute Gasteiger partial charge is 0.252 e. The van der Waals surface area contributed by atoms with Crippen LogP contribution in [0.25, 0.3) is 0 Å². The minimum Gasteiger partial charge on any atom is -0.366 e. The topological polar surface area (TPSA) is 110 Å². The summed E-state index contributed by atoms with van der Waals surface area (Å²) in [5.41, 5.74) is 5.38. The van der Waals surface area contributed by atoms with E-state index >= 15 is 0 Å². The highest BCUT2D eigenvalue weighted by molar-refractivity contribution is 7.91. The van der Waals surface area contributed by atoms with Gasteiger partial charge >= 0.3 is 0 Å². The van der Waals surface area contributed by atoms with Gasteiger partial charge in [-0.2, -0.15) is 4.31 Å². The van der Waals surface area contributed by atoms with Crippen LogP contribution in [-0.4, -0.2) is 37.6 Å². The van der Waals surface area contributed by atoms with Gasteiger partial charge in [0.25, 0.3) is 15.9 Å². The molecule has 0 bridgehead atoms. The van der Waals surface area contributed by atoms with E-state index in [-0.39, 0.29) is 26.6 Å². The molecule has 0 spiro atoms. The third-order valence-corrected chi connectivity index (χ3v) is 7.47. The molecule has 3 N–H and O–H groups in total. The van der Waals surface area contributed by atoms with Crippen molar-refractivity contribution in [1.82, 2.24) is 4.31 Å². The molecule has 0 radical (unpaired) electrons. The summed E-state index contributed by atoms with van der Waals surface area (Å²) in [7, 11) is -3.64. The van der Waals surface area contributed by atoms with Gasteiger partial charge in [0.1, 0.15) is 9.21 Å². The molecule has 0 aromatic carbocycles. The van der Waals surface area contributed by atoms with Gasteiger partial charge in [-0.25, -0.2) is 8.42 Å². The summed E-state index contributed by atoms with van der Waals surface area (Å²) in [4.78, 5) is 23.5. The van der Waals surface area contributed by atoms with Gasteiger partial charge in [0.15, 0.2) is 0 Å². The van der Waals surface area contributed by atoms with Gasteiger partial charge < -0.3 is 11.1 Å². The van der Waals surface area contributed by atoms with E-state index < -0.39 is 15.9 Å². The van der Waals surface area contributed by atoms with Crippen molar-refractivity contribution in [3.63, 3.8) is 0 Å². The number of amides is 2. The minimum atomic E-state index is -3.64. The normalized spacial score (nSPS) is 19.5. The summed E-state index contributed by atoms with van der Waals surface area (Å²) in [5, 5.41) is 2.87. The largest absolute Gasteiger partial charge is 0.366 e. The average molecular weight is 357 g/mol. The second kappa shape index (κ2) is 6.21. The van der Waals surface area contributed by atoms with Gasteiger partial charge in [-0.05, 0) is 31.7 Å². The van der Waals surface area contributed by atoms with Crippen LogP contribution >= 0.6 is 11.3 Å². The molecule has 126 valence electrons. The Morgan fingerprint density at radius 1 is 1.22 bits per heavy atom. The van der Waals surface area contributed by atoms with Crippen LogP contribution in [0.5, 0.6) is 0 Å². The zero-order valence-corrected chi connectivity index (χ0v) is 14.2. The Labute approximate surface area is 138 Å². The first kappa shape index (κ1) is 16.4. The van der Waals surface area contributed by atoms with Crippen molar-refractivity contribution in [2.75, 3.05) is 18.4 Å². The van der Waals surface area contributed by atoms with Crippen LogP contribution in [0.3, 0.4) is 0 Å². The number of hydrogen-bond donors (Lipinski definition) is 2. The molecular weight excluding hydrogens is 338 g/mol. The van der Waals surface area contributed by atoms with E-state index in [4.69, 9.17) is 5.73 Å². The number of sulfonamides is 1. The molecule has 1 saturated carbocycles. The number of anilines is 1. The van der Waals surface area contributed by atoms with Crippen molar-refractivity contribution in [2.24, 2.45) is 11.7 Å². The molecule has 0 atom stereocenters. The molecule has 1 aromatic heterocycles. The van der Waals surface area contributed by atoms with Crippen LogP contribution in [-0.2, 0) is 14.8 Å². The lowest BCUT2D eigenvalue weighted by molar-refractivity contribution is -0.117. The van der Waals surface area contributed by atoms with Crippen LogP contribution in [0, 0.1) is 5.92 Å². The first-order valence-corrected chi connectivity index (χ1v) is 9.90. The van der Waals surface area contributed by atoms with E-state index in [1.165, 1.54) is 10.4 Å². The molecule has 2 fully saturated rings. The maximum Gasteiger partial charge on any atom is 0.252 e. The van der Waals surface area contributed by atoms with Gasteiger partial charge in [-0.1, -0.05) is 6.42 Å². The Balaban J connectivity index is 1.89. The van der Waals surface area contributed by atoms with Crippen molar-refractivity contribution in [1.29, 1.82) is 0 Å². The lowest BCUT2D eigenvalue weighted by atomic mass is 10.2. The fraction of sp³-hybridized carbons (Fsp3) is 0.571. The molecule has 1 aliphatic heterocycles. The first-order chi connectivity index (χ1) is 10.9. The van der Waals surface area contributed by atoms with E-state index in [1.54, 1.807) is 0 Å². The van der Waals surface area contributed by atoms with E-state index in [0.717, 1.165) is 43.4 Å². The van der Waals surface area contributed by atoms with Gasteiger partial charge in [-0.3, -0.25) is 9.59 Å². The molecule has 3 rings (SSSR count). The predicted molar refractivity (Wildman–Crippen MR) is 86.8 cm³/mol. The number of carbonyl (C=O) groups excluding carboxylic acids is 2. The minimum absolute atomic E-state index is 0.0417. The lowest BCUT2D eigenvalue weighted by Gasteiger charge is -2.25. The van der Waals surface area contributed by atoms with Crippen molar-refractivity contribution >= 4 is 38.2 Å². The summed E-state index contributed by atoms with van der Waals surface area (Å²) in [6.45, 7) is 0.964. The van der Waals surface area contributed by atoms with Gasteiger partial charge in [0, 0.05) is 19.0 Å². The van der Waals surface area contributed by atoms with Crippen molar-refractivity contribution < 1.29 is 18.0 Å². The number of primary amides is 1. The second-order valence-corrected chi connectivity index (χ2v) is 9.12. The Morgan fingerprint density at radius 3 is 2.43 bits per heavy atom. The summed E-state index contributed by atoms with van der Waals surface area (Å²) in [6.07, 6.45) is 4.33. The maximum absolute atomic E-state index is 12.7. The average Bonchev–Trinajstić information content (AvgIpc) is 3.28. The highest BCUT2D eigenvalue weighted by atomic mass is 32.2. The summed E-state index contributed by atoms with van der Waals surface area (Å²) < 4.78 is 26.8. The van der Waals surface area contributed by atoms with Crippen molar-refractivity contribution in [3.05, 3.63) is 11.6 Å². The molecule has 2 amide bonds. The summed E-state index contributed by atoms with van der Waals surface area (Å²) in [6, 6.07) is 1.28. The van der Waals surface area contributed by atoms with Crippen LogP contribution in [0.2, 0.25) is 0 Å². The van der Waals surface area contributed by atoms with E-state index in [0.29, 0.717) is 13.1 Å². The Hall–Kier alpha value is -1.45. The highest BCUT2D eigenvalue weighted by Gasteiger charge is 2.33. The predicted octanol–water partition coefficient (Wildman–Crippen LogP) is 1.37. The van der Waals surface area contributed by atoms with Gasteiger partial charge in [0.2, 0.25) is 5.91 Å². The zero-order chi connectivity index (χ0) is 16.6. The van der Waals surface area contributed by atoms with Crippen molar-refractivity contribution in [2.45, 2.75) is 36.3 Å². The fourth-order valence-electron chi connectivity index (χ4n) is 2.56. The Bertz CT molecular complexity index is 731. The quantitative estimate of drug-likeness (QED) is 0.829. The lowest BCUT2D eigenvalue weighted by Crippen LogP contribution is -2.35. The number of thiophene rings is 1. The van der Waals surface area contributed by atoms with E-state index in [2.05, 4.69) is 5.32 Å². The summed E-state index contributed by atoms with van der Waals surface area (Å²) in [5.74, 6) is -0.969. The van der Waals surface area contributed by atoms with E-state index in [9.17, 15) is 18.0 Å². The van der Waals surface area contributed by atoms with E-state index in [1.807, 2.05) is 0 Å². The number of carbonyl (C=O) groups is 2. The first-order valence-electron chi connectivity index (χ1n) is 7.64. The molecule has 7 nitrogen and oxygen atoms in total. The third kappa shape index (κ3) is 3.41. The zero-order valence-electron chi connectivity index (χ0n) is 12.6. The maximum atomic E-state index is 12.7. The molecule has 1 aromatic rings. The van der Waals surface area contributed by atoms with Crippen molar-refractivity contribution in [3.8, 4) is 0 Å². The van der Waals surface area contributed by atoms with Crippen LogP contribution < -0.4 is 11.1 Å². The number of nitrogens with zero attached hydrogens (tertiary/aromatic N) is 1. The fourth-order valence-corrected chi connectivity index (χ4v) is 5.61. The van der Waals surface area contributed by atoms with Crippen LogP contribution in [0.1, 0.15) is 42.5 Å². The number of piperidine rings is 1. The molecule has 2 aliphatic rings. The molecule has 1 aliphatic carbocycles. The number of nitrogens with one attached hydrogen (secondary N) is 1. The monoisotopic (exact) mass is 357 g/mol. The summed E-state index contributed by atoms with van der Waals surface area (Å²) >= 11 is 0.900. The van der Waals surface area contributed by atoms with Crippen LogP contribution in [0.15, 0.2) is 10.3 Å². The Morgan fingerprint density at radius 2 is 1.87 bits per heavy atom. The third-order valence-electron chi connectivity index (χ3n) is 4.07. The number of nitrogens with two attached hydrogens (primary N) is 1. The molecular formula is C14H19N3O4S2. The molecule has 0 unspecified atom stereocenters. The van der Waals surface area contributed by atoms with Crippen LogP contribution in [0.4, 0.5) is 5.00 Å². The molecule has 23 heavy (non-hydrogen) atoms.